The first kappa shape index (κ1) is 17.9. The molecule has 0 saturated carbocycles. The van der Waals surface area contributed by atoms with Crippen molar-refractivity contribution < 1.29 is 9.90 Å². The zero-order valence-corrected chi connectivity index (χ0v) is 14.9. The summed E-state index contributed by atoms with van der Waals surface area (Å²) in [5.74, 6) is -0.889. The Kier molecular flexibility index (Phi) is 5.75. The highest BCUT2D eigenvalue weighted by molar-refractivity contribution is 7.17. The maximum absolute atomic E-state index is 11.5. The van der Waals surface area contributed by atoms with Crippen LogP contribution in [0.4, 0.5) is 5.13 Å². The number of thiazole rings is 1. The van der Waals surface area contributed by atoms with E-state index in [-0.39, 0.29) is 11.5 Å². The van der Waals surface area contributed by atoms with Crippen LogP contribution in [0.3, 0.4) is 0 Å². The lowest BCUT2D eigenvalue weighted by Gasteiger charge is -2.29. The average molecular weight is 313 g/mol. The van der Waals surface area contributed by atoms with Gasteiger partial charge in [0, 0.05) is 24.5 Å². The van der Waals surface area contributed by atoms with Crippen molar-refractivity contribution in [1.82, 2.24) is 9.88 Å². The predicted molar refractivity (Wildman–Crippen MR) is 88.8 cm³/mol. The molecule has 1 unspecified atom stereocenters. The minimum Gasteiger partial charge on any atom is -0.477 e. The molecule has 1 aromatic rings. The van der Waals surface area contributed by atoms with Crippen LogP contribution in [-0.4, -0.2) is 54.2 Å². The number of likely N-dealkylation sites (N-methyl/N-ethyl adjacent to an activating group) is 2. The molecule has 0 saturated heterocycles. The molecule has 0 bridgehead atoms. The first-order valence-corrected chi connectivity index (χ1v) is 8.05. The van der Waals surface area contributed by atoms with Gasteiger partial charge in [0.05, 0.1) is 5.69 Å². The van der Waals surface area contributed by atoms with Crippen molar-refractivity contribution in [1.29, 1.82) is 0 Å². The van der Waals surface area contributed by atoms with E-state index < -0.39 is 5.97 Å². The van der Waals surface area contributed by atoms with Gasteiger partial charge < -0.3 is 14.9 Å². The van der Waals surface area contributed by atoms with Crippen LogP contribution in [0.25, 0.3) is 0 Å². The van der Waals surface area contributed by atoms with E-state index in [1.54, 1.807) is 0 Å². The number of carboxylic acid groups (broad SMARTS) is 1. The molecular formula is C15H27N3O2S. The summed E-state index contributed by atoms with van der Waals surface area (Å²) in [7, 11) is 4.07. The van der Waals surface area contributed by atoms with Crippen molar-refractivity contribution in [3.8, 4) is 0 Å². The number of rotatable bonds is 6. The van der Waals surface area contributed by atoms with Crippen molar-refractivity contribution in [3.63, 3.8) is 0 Å². The monoisotopic (exact) mass is 313 g/mol. The number of aromatic nitrogens is 1. The second kappa shape index (κ2) is 6.75. The van der Waals surface area contributed by atoms with E-state index in [1.807, 2.05) is 34.9 Å². The number of carbonyl (C=O) groups is 1. The molecule has 5 nitrogen and oxygen atoms in total. The molecule has 1 aromatic heterocycles. The van der Waals surface area contributed by atoms with Gasteiger partial charge in [0.2, 0.25) is 0 Å². The second-order valence-corrected chi connectivity index (χ2v) is 7.60. The van der Waals surface area contributed by atoms with Crippen LogP contribution in [0.15, 0.2) is 0 Å². The average Bonchev–Trinajstić information content (AvgIpc) is 2.73. The van der Waals surface area contributed by atoms with Crippen LogP contribution in [0.2, 0.25) is 0 Å². The molecule has 21 heavy (non-hydrogen) atoms. The van der Waals surface area contributed by atoms with Gasteiger partial charge in [-0.25, -0.2) is 9.78 Å². The Bertz CT molecular complexity index is 492. The summed E-state index contributed by atoms with van der Waals surface area (Å²) < 4.78 is 0. The highest BCUT2D eigenvalue weighted by Gasteiger charge is 2.29. The third-order valence-electron chi connectivity index (χ3n) is 3.27. The highest BCUT2D eigenvalue weighted by atomic mass is 32.1. The third-order valence-corrected chi connectivity index (χ3v) is 4.35. The molecule has 0 fully saturated rings. The van der Waals surface area contributed by atoms with Gasteiger partial charge in [0.25, 0.3) is 0 Å². The largest absolute Gasteiger partial charge is 0.477 e. The molecular weight excluding hydrogens is 286 g/mol. The minimum atomic E-state index is -0.889. The Morgan fingerprint density at radius 3 is 2.29 bits per heavy atom. The Labute approximate surface area is 131 Å². The fourth-order valence-electron chi connectivity index (χ4n) is 2.35. The maximum atomic E-state index is 11.5. The summed E-state index contributed by atoms with van der Waals surface area (Å²) in [5, 5.41) is 10.2. The van der Waals surface area contributed by atoms with Crippen LogP contribution in [0.5, 0.6) is 0 Å². The third kappa shape index (κ3) is 4.41. The molecule has 1 heterocycles. The van der Waals surface area contributed by atoms with E-state index in [9.17, 15) is 9.90 Å². The quantitative estimate of drug-likeness (QED) is 0.875. The first-order chi connectivity index (χ1) is 9.57. The van der Waals surface area contributed by atoms with Gasteiger partial charge in [-0.2, -0.15) is 0 Å². The Morgan fingerprint density at radius 1 is 1.38 bits per heavy atom. The van der Waals surface area contributed by atoms with Crippen molar-refractivity contribution in [3.05, 3.63) is 10.6 Å². The van der Waals surface area contributed by atoms with Gasteiger partial charge in [-0.1, -0.05) is 32.1 Å². The molecule has 1 rings (SSSR count). The number of carboxylic acids is 1. The fourth-order valence-corrected chi connectivity index (χ4v) is 3.63. The Hall–Kier alpha value is -1.14. The van der Waals surface area contributed by atoms with Crippen LogP contribution >= 0.6 is 11.3 Å². The molecule has 120 valence electrons. The van der Waals surface area contributed by atoms with Crippen molar-refractivity contribution >= 4 is 22.4 Å². The van der Waals surface area contributed by atoms with Crippen molar-refractivity contribution in [2.75, 3.05) is 32.1 Å². The topological polar surface area (TPSA) is 56.7 Å². The maximum Gasteiger partial charge on any atom is 0.347 e. The molecule has 0 radical (unpaired) electrons. The summed E-state index contributed by atoms with van der Waals surface area (Å²) in [6.07, 6.45) is 0. The van der Waals surface area contributed by atoms with E-state index in [2.05, 4.69) is 28.6 Å². The Balaban J connectivity index is 3.20. The van der Waals surface area contributed by atoms with E-state index in [4.69, 9.17) is 0 Å². The summed E-state index contributed by atoms with van der Waals surface area (Å²) >= 11 is 1.28. The minimum absolute atomic E-state index is 0.271. The zero-order chi connectivity index (χ0) is 16.4. The lowest BCUT2D eigenvalue weighted by atomic mass is 9.91. The van der Waals surface area contributed by atoms with Gasteiger partial charge in [-0.05, 0) is 27.9 Å². The number of nitrogens with zero attached hydrogens (tertiary/aromatic N) is 3. The summed E-state index contributed by atoms with van der Waals surface area (Å²) in [6.45, 7) is 11.9. The summed E-state index contributed by atoms with van der Waals surface area (Å²) in [5.41, 5.74) is 0.401. The first-order valence-electron chi connectivity index (χ1n) is 7.23. The smallest absolute Gasteiger partial charge is 0.347 e. The summed E-state index contributed by atoms with van der Waals surface area (Å²) in [6, 6.07) is 0.283. The van der Waals surface area contributed by atoms with Gasteiger partial charge in [0.15, 0.2) is 5.13 Å². The highest BCUT2D eigenvalue weighted by Crippen LogP contribution is 2.34. The molecule has 0 spiro atoms. The summed E-state index contributed by atoms with van der Waals surface area (Å²) in [4.78, 5) is 20.8. The molecule has 1 N–H and O–H groups in total. The molecule has 0 amide bonds. The number of hydrogen-bond donors (Lipinski definition) is 1. The molecule has 0 aromatic carbocycles. The van der Waals surface area contributed by atoms with E-state index >= 15 is 0 Å². The van der Waals surface area contributed by atoms with Gasteiger partial charge in [0.1, 0.15) is 4.88 Å². The van der Waals surface area contributed by atoms with Crippen molar-refractivity contribution in [2.45, 2.75) is 46.1 Å². The van der Waals surface area contributed by atoms with Gasteiger partial charge in [-0.15, -0.1) is 0 Å². The van der Waals surface area contributed by atoms with Crippen LogP contribution < -0.4 is 4.90 Å². The van der Waals surface area contributed by atoms with Gasteiger partial charge in [-0.3, -0.25) is 0 Å². The van der Waals surface area contributed by atoms with Crippen LogP contribution in [0, 0.1) is 0 Å². The van der Waals surface area contributed by atoms with Gasteiger partial charge >= 0.3 is 5.97 Å². The zero-order valence-electron chi connectivity index (χ0n) is 14.1. The van der Waals surface area contributed by atoms with E-state index in [0.29, 0.717) is 10.6 Å². The number of anilines is 1. The molecule has 0 aliphatic heterocycles. The molecule has 0 aliphatic rings. The Morgan fingerprint density at radius 2 is 1.95 bits per heavy atom. The molecule has 6 heteroatoms. The predicted octanol–water partition coefficient (Wildman–Crippen LogP) is 2.92. The van der Waals surface area contributed by atoms with Crippen molar-refractivity contribution in [2.24, 2.45) is 0 Å². The molecule has 0 aliphatic carbocycles. The van der Waals surface area contributed by atoms with Crippen LogP contribution in [-0.2, 0) is 5.41 Å². The second-order valence-electron chi connectivity index (χ2n) is 6.63. The van der Waals surface area contributed by atoms with E-state index in [1.165, 1.54) is 11.3 Å². The SMILES string of the molecule is CCN(c1nc(C(C)(C)C)c(C(=O)O)s1)C(C)CN(C)C. The number of hydrogen-bond acceptors (Lipinski definition) is 5. The normalized spacial score (nSPS) is 13.5. The fraction of sp³-hybridized carbons (Fsp3) is 0.733. The van der Waals surface area contributed by atoms with Crippen LogP contribution in [0.1, 0.15) is 50.0 Å². The lowest BCUT2D eigenvalue weighted by molar-refractivity contribution is 0.0699. The lowest BCUT2D eigenvalue weighted by Crippen LogP contribution is -2.40. The van der Waals surface area contributed by atoms with E-state index in [0.717, 1.165) is 18.2 Å². The standard InChI is InChI=1S/C15H27N3O2S/c1-8-18(10(2)9-17(6)7)14-16-12(15(3,4)5)11(21-14)13(19)20/h10H,8-9H2,1-7H3,(H,19,20). The molecule has 1 atom stereocenters. The number of aromatic carboxylic acids is 1.